The summed E-state index contributed by atoms with van der Waals surface area (Å²) in [6.07, 6.45) is 1.78. The molecule has 162 valence electrons. The quantitative estimate of drug-likeness (QED) is 0.771. The van der Waals surface area contributed by atoms with Gasteiger partial charge in [0.15, 0.2) is 0 Å². The van der Waals surface area contributed by atoms with Crippen molar-refractivity contribution in [2.24, 2.45) is 0 Å². The van der Waals surface area contributed by atoms with Crippen molar-refractivity contribution in [3.8, 4) is 0 Å². The number of benzene rings is 2. The Morgan fingerprint density at radius 3 is 2.42 bits per heavy atom. The van der Waals surface area contributed by atoms with Crippen LogP contribution in [0.1, 0.15) is 50.8 Å². The van der Waals surface area contributed by atoms with Crippen LogP contribution in [0.2, 0.25) is 0 Å². The molecule has 4 rings (SSSR count). The fourth-order valence-electron chi connectivity index (χ4n) is 4.35. The number of aryl methyl sites for hydroxylation is 1. The molecule has 1 atom stereocenters. The first-order valence-electron chi connectivity index (χ1n) is 10.7. The number of rotatable bonds is 3. The van der Waals surface area contributed by atoms with E-state index in [9.17, 15) is 14.4 Å². The van der Waals surface area contributed by atoms with Crippen LogP contribution in [0.3, 0.4) is 0 Å². The van der Waals surface area contributed by atoms with Crippen molar-refractivity contribution in [1.82, 2.24) is 10.2 Å². The summed E-state index contributed by atoms with van der Waals surface area (Å²) >= 11 is 0. The lowest BCUT2D eigenvalue weighted by Gasteiger charge is -2.30. The molecule has 6 heteroatoms. The van der Waals surface area contributed by atoms with Crippen LogP contribution in [0, 0.1) is 0 Å². The Bertz CT molecular complexity index is 1040. The third-order valence-corrected chi connectivity index (χ3v) is 6.31. The maximum absolute atomic E-state index is 13.3. The average molecular weight is 420 g/mol. The monoisotopic (exact) mass is 419 g/mol. The standard InChI is InChI=1S/C25H29N3O3/c1-24(2,3)18-11-13-19(14-12-18)25(4)22(30)28(23(31)26-25)16-21(29)27-15-7-9-17-8-5-6-10-20(17)27/h5-6,8,10-14H,7,9,15-16H2,1-4H3,(H,26,31)/t25-/m0/s1. The number of amides is 4. The molecule has 1 saturated heterocycles. The van der Waals surface area contributed by atoms with E-state index in [-0.39, 0.29) is 17.9 Å². The van der Waals surface area contributed by atoms with Gasteiger partial charge >= 0.3 is 6.03 Å². The van der Waals surface area contributed by atoms with Crippen molar-refractivity contribution in [2.45, 2.75) is 51.5 Å². The molecule has 0 unspecified atom stereocenters. The normalized spacial score (nSPS) is 21.2. The average Bonchev–Trinajstić information content (AvgIpc) is 2.96. The number of urea groups is 1. The van der Waals surface area contributed by atoms with Gasteiger partial charge in [0.1, 0.15) is 12.1 Å². The van der Waals surface area contributed by atoms with Crippen molar-refractivity contribution in [2.75, 3.05) is 18.0 Å². The van der Waals surface area contributed by atoms with Crippen LogP contribution in [-0.2, 0) is 27.0 Å². The Balaban J connectivity index is 1.54. The predicted octanol–water partition coefficient (Wildman–Crippen LogP) is 3.73. The van der Waals surface area contributed by atoms with Gasteiger partial charge in [-0.25, -0.2) is 4.79 Å². The first kappa shape index (κ1) is 21.1. The summed E-state index contributed by atoms with van der Waals surface area (Å²) in [5, 5.41) is 2.80. The lowest BCUT2D eigenvalue weighted by molar-refractivity contribution is -0.134. The topological polar surface area (TPSA) is 69.7 Å². The molecule has 2 aliphatic rings. The van der Waals surface area contributed by atoms with Crippen molar-refractivity contribution in [3.63, 3.8) is 0 Å². The highest BCUT2D eigenvalue weighted by Gasteiger charge is 2.49. The highest BCUT2D eigenvalue weighted by atomic mass is 16.2. The Morgan fingerprint density at radius 2 is 1.74 bits per heavy atom. The second-order valence-corrected chi connectivity index (χ2v) is 9.55. The largest absolute Gasteiger partial charge is 0.325 e. The van der Waals surface area contributed by atoms with Gasteiger partial charge in [-0.1, -0.05) is 63.2 Å². The van der Waals surface area contributed by atoms with Crippen LogP contribution >= 0.6 is 0 Å². The van der Waals surface area contributed by atoms with Gasteiger partial charge in [-0.05, 0) is 47.9 Å². The van der Waals surface area contributed by atoms with Gasteiger partial charge in [-0.3, -0.25) is 14.5 Å². The summed E-state index contributed by atoms with van der Waals surface area (Å²) in [6, 6.07) is 15.0. The van der Waals surface area contributed by atoms with E-state index in [0.29, 0.717) is 12.1 Å². The van der Waals surface area contributed by atoms with Crippen molar-refractivity contribution >= 4 is 23.5 Å². The van der Waals surface area contributed by atoms with E-state index in [2.05, 4.69) is 26.1 Å². The molecule has 4 amide bonds. The lowest BCUT2D eigenvalue weighted by atomic mass is 9.84. The van der Waals surface area contributed by atoms with E-state index in [1.54, 1.807) is 11.8 Å². The molecule has 1 N–H and O–H groups in total. The molecule has 0 saturated carbocycles. The number of nitrogens with one attached hydrogen (secondary N) is 1. The highest BCUT2D eigenvalue weighted by molar-refractivity contribution is 6.10. The number of anilines is 1. The smallest absolute Gasteiger partial charge is 0.319 e. The Hall–Kier alpha value is -3.15. The first-order chi connectivity index (χ1) is 14.6. The molecule has 31 heavy (non-hydrogen) atoms. The van der Waals surface area contributed by atoms with E-state index >= 15 is 0 Å². The minimum absolute atomic E-state index is 0.00838. The second kappa shape index (κ2) is 7.52. The number of fused-ring (bicyclic) bond motifs is 1. The summed E-state index contributed by atoms with van der Waals surface area (Å²) in [5.74, 6) is -0.650. The van der Waals surface area contributed by atoms with Gasteiger partial charge in [0, 0.05) is 12.2 Å². The van der Waals surface area contributed by atoms with Crippen molar-refractivity contribution in [1.29, 1.82) is 0 Å². The van der Waals surface area contributed by atoms with Gasteiger partial charge in [-0.15, -0.1) is 0 Å². The highest BCUT2D eigenvalue weighted by Crippen LogP contribution is 2.32. The van der Waals surface area contributed by atoms with Crippen LogP contribution < -0.4 is 10.2 Å². The molecule has 0 bridgehead atoms. The van der Waals surface area contributed by atoms with Crippen molar-refractivity contribution in [3.05, 3.63) is 65.2 Å². The minimum atomic E-state index is -1.19. The summed E-state index contributed by atoms with van der Waals surface area (Å²) in [7, 11) is 0. The first-order valence-corrected chi connectivity index (χ1v) is 10.7. The molecule has 0 aliphatic carbocycles. The van der Waals surface area contributed by atoms with Crippen LogP contribution in [0.4, 0.5) is 10.5 Å². The Labute approximate surface area is 183 Å². The molecular weight excluding hydrogens is 390 g/mol. The molecule has 0 aromatic heterocycles. The van der Waals surface area contributed by atoms with Crippen LogP contribution in [0.15, 0.2) is 48.5 Å². The number of nitrogens with zero attached hydrogens (tertiary/aromatic N) is 2. The van der Waals surface area contributed by atoms with Gasteiger partial charge in [0.25, 0.3) is 5.91 Å². The molecule has 0 radical (unpaired) electrons. The molecule has 2 heterocycles. The molecule has 1 fully saturated rings. The number of carbonyl (C=O) groups excluding carboxylic acids is 3. The summed E-state index contributed by atoms with van der Waals surface area (Å²) in [4.78, 5) is 41.7. The Kier molecular flexibility index (Phi) is 5.12. The molecule has 2 aromatic rings. The van der Waals surface area contributed by atoms with Crippen molar-refractivity contribution < 1.29 is 14.4 Å². The van der Waals surface area contributed by atoms with Gasteiger partial charge in [-0.2, -0.15) is 0 Å². The molecule has 6 nitrogen and oxygen atoms in total. The summed E-state index contributed by atoms with van der Waals surface area (Å²) in [6.45, 7) is 8.38. The van der Waals surface area contributed by atoms with E-state index in [0.717, 1.165) is 34.6 Å². The van der Waals surface area contributed by atoms with Gasteiger partial charge in [0.2, 0.25) is 5.91 Å². The van der Waals surface area contributed by atoms with E-state index in [1.165, 1.54) is 0 Å². The van der Waals surface area contributed by atoms with E-state index < -0.39 is 17.5 Å². The maximum Gasteiger partial charge on any atom is 0.325 e. The number of hydrogen-bond donors (Lipinski definition) is 1. The third-order valence-electron chi connectivity index (χ3n) is 6.31. The predicted molar refractivity (Wildman–Crippen MR) is 120 cm³/mol. The zero-order valence-electron chi connectivity index (χ0n) is 18.6. The number of hydrogen-bond acceptors (Lipinski definition) is 3. The number of carbonyl (C=O) groups is 3. The Morgan fingerprint density at radius 1 is 1.06 bits per heavy atom. The molecule has 0 spiro atoms. The van der Waals surface area contributed by atoms with Crippen LogP contribution in [-0.4, -0.2) is 35.8 Å². The van der Waals surface area contributed by atoms with E-state index in [1.807, 2.05) is 48.5 Å². The molecule has 2 aromatic carbocycles. The zero-order valence-corrected chi connectivity index (χ0v) is 18.6. The van der Waals surface area contributed by atoms with Crippen LogP contribution in [0.5, 0.6) is 0 Å². The number of para-hydroxylation sites is 1. The number of imide groups is 1. The fourth-order valence-corrected chi connectivity index (χ4v) is 4.35. The van der Waals surface area contributed by atoms with E-state index in [4.69, 9.17) is 0 Å². The summed E-state index contributed by atoms with van der Waals surface area (Å²) in [5.41, 5.74) is 2.64. The van der Waals surface area contributed by atoms with Crippen LogP contribution in [0.25, 0.3) is 0 Å². The van der Waals surface area contributed by atoms with Gasteiger partial charge < -0.3 is 10.2 Å². The SMILES string of the molecule is CC(C)(C)c1ccc([C@]2(C)NC(=O)N(CC(=O)N3CCCc4ccccc43)C2=O)cc1. The molecule has 2 aliphatic heterocycles. The lowest BCUT2D eigenvalue weighted by Crippen LogP contribution is -2.46. The second-order valence-electron chi connectivity index (χ2n) is 9.55. The maximum atomic E-state index is 13.3. The minimum Gasteiger partial charge on any atom is -0.319 e. The third kappa shape index (κ3) is 3.71. The fraction of sp³-hybridized carbons (Fsp3) is 0.400. The zero-order chi connectivity index (χ0) is 22.4. The van der Waals surface area contributed by atoms with Gasteiger partial charge in [0.05, 0.1) is 0 Å². The molecular formula is C25H29N3O3. The summed E-state index contributed by atoms with van der Waals surface area (Å²) < 4.78 is 0.